The third-order valence-corrected chi connectivity index (χ3v) is 7.39. The minimum Gasteiger partial charge on any atom is -0.461 e. The van der Waals surface area contributed by atoms with Crippen LogP contribution in [0.4, 0.5) is 5.69 Å². The summed E-state index contributed by atoms with van der Waals surface area (Å²) in [4.78, 5) is 41.6. The molecule has 7 nitrogen and oxygen atoms in total. The highest BCUT2D eigenvalue weighted by molar-refractivity contribution is 9.10. The SMILES string of the molecule is CCN(CC)CCOC(=O)c1ccc(NC(=O)CCN2C(=O)C(=Cc3cccc(Br)c3)SC2=S)cc1. The number of amides is 2. The van der Waals surface area contributed by atoms with Crippen LogP contribution in [0.2, 0.25) is 0 Å². The molecular weight excluding hydrogens is 562 g/mol. The summed E-state index contributed by atoms with van der Waals surface area (Å²) in [6, 6.07) is 14.2. The Hall–Kier alpha value is -2.53. The van der Waals surface area contributed by atoms with Crippen molar-refractivity contribution in [2.24, 2.45) is 0 Å². The van der Waals surface area contributed by atoms with Gasteiger partial charge in [0.1, 0.15) is 10.9 Å². The normalized spacial score (nSPS) is 14.6. The van der Waals surface area contributed by atoms with Crippen LogP contribution < -0.4 is 5.32 Å². The minimum atomic E-state index is -0.398. The second-order valence-electron chi connectivity index (χ2n) is 7.93. The Morgan fingerprint density at radius 1 is 1.17 bits per heavy atom. The van der Waals surface area contributed by atoms with Crippen LogP contribution in [0, 0.1) is 0 Å². The molecule has 2 aromatic rings. The molecule has 0 atom stereocenters. The quantitative estimate of drug-likeness (QED) is 0.220. The lowest BCUT2D eigenvalue weighted by molar-refractivity contribution is -0.122. The molecule has 0 aliphatic carbocycles. The topological polar surface area (TPSA) is 79.0 Å². The second-order valence-corrected chi connectivity index (χ2v) is 10.5. The van der Waals surface area contributed by atoms with E-state index >= 15 is 0 Å². The van der Waals surface area contributed by atoms with Crippen molar-refractivity contribution in [3.8, 4) is 0 Å². The van der Waals surface area contributed by atoms with Crippen molar-refractivity contribution in [1.29, 1.82) is 0 Å². The van der Waals surface area contributed by atoms with Gasteiger partial charge in [-0.15, -0.1) is 0 Å². The number of carbonyl (C=O) groups excluding carboxylic acids is 3. The molecule has 0 spiro atoms. The van der Waals surface area contributed by atoms with Gasteiger partial charge in [0.25, 0.3) is 5.91 Å². The number of ether oxygens (including phenoxy) is 1. The molecule has 190 valence electrons. The molecule has 1 N–H and O–H groups in total. The third kappa shape index (κ3) is 7.99. The summed E-state index contributed by atoms with van der Waals surface area (Å²) >= 11 is 10.0. The van der Waals surface area contributed by atoms with Crippen molar-refractivity contribution < 1.29 is 19.1 Å². The fourth-order valence-electron chi connectivity index (χ4n) is 3.46. The first kappa shape index (κ1) is 28.0. The van der Waals surface area contributed by atoms with Crippen LogP contribution in [0.25, 0.3) is 6.08 Å². The highest BCUT2D eigenvalue weighted by atomic mass is 79.9. The van der Waals surface area contributed by atoms with Gasteiger partial charge in [-0.05, 0) is 61.1 Å². The molecule has 1 fully saturated rings. The van der Waals surface area contributed by atoms with Gasteiger partial charge in [0.2, 0.25) is 5.91 Å². The van der Waals surface area contributed by atoms with E-state index in [0.717, 1.165) is 23.1 Å². The summed E-state index contributed by atoms with van der Waals surface area (Å²) < 4.78 is 6.67. The van der Waals surface area contributed by atoms with E-state index in [1.807, 2.05) is 24.3 Å². The van der Waals surface area contributed by atoms with Crippen LogP contribution in [-0.4, -0.2) is 64.7 Å². The summed E-state index contributed by atoms with van der Waals surface area (Å²) in [6.07, 6.45) is 1.88. The van der Waals surface area contributed by atoms with E-state index in [9.17, 15) is 14.4 Å². The van der Waals surface area contributed by atoms with Gasteiger partial charge in [-0.3, -0.25) is 14.5 Å². The standard InChI is InChI=1S/C26H28BrN3O4S2/c1-3-29(4-2)14-15-34-25(33)19-8-10-21(11-9-19)28-23(31)12-13-30-24(32)22(36-26(30)35)17-18-6-5-7-20(27)16-18/h5-11,16-17H,3-4,12-15H2,1-2H3,(H,28,31). The van der Waals surface area contributed by atoms with Gasteiger partial charge in [-0.1, -0.05) is 65.9 Å². The number of rotatable bonds is 11. The van der Waals surface area contributed by atoms with Gasteiger partial charge < -0.3 is 15.0 Å². The summed E-state index contributed by atoms with van der Waals surface area (Å²) in [7, 11) is 0. The summed E-state index contributed by atoms with van der Waals surface area (Å²) in [6.45, 7) is 7.14. The minimum absolute atomic E-state index is 0.0890. The lowest BCUT2D eigenvalue weighted by atomic mass is 10.2. The number of likely N-dealkylation sites (N-methyl/N-ethyl adjacent to an activating group) is 1. The molecule has 0 aromatic heterocycles. The van der Waals surface area contributed by atoms with E-state index in [1.165, 1.54) is 16.7 Å². The molecule has 0 radical (unpaired) electrons. The highest BCUT2D eigenvalue weighted by Crippen LogP contribution is 2.33. The molecule has 36 heavy (non-hydrogen) atoms. The average molecular weight is 591 g/mol. The van der Waals surface area contributed by atoms with Gasteiger partial charge >= 0.3 is 5.97 Å². The Labute approximate surface area is 229 Å². The molecule has 0 saturated carbocycles. The number of nitrogens with zero attached hydrogens (tertiary/aromatic N) is 2. The number of esters is 1. The summed E-state index contributed by atoms with van der Waals surface area (Å²) in [5.74, 6) is -0.860. The first-order valence-corrected chi connectivity index (χ1v) is 13.6. The number of halogens is 1. The van der Waals surface area contributed by atoms with Crippen LogP contribution in [0.1, 0.15) is 36.2 Å². The number of hydrogen-bond donors (Lipinski definition) is 1. The smallest absolute Gasteiger partial charge is 0.338 e. The first-order valence-electron chi connectivity index (χ1n) is 11.6. The molecule has 1 heterocycles. The lowest BCUT2D eigenvalue weighted by Crippen LogP contribution is -2.31. The van der Waals surface area contributed by atoms with E-state index < -0.39 is 5.97 Å². The Morgan fingerprint density at radius 2 is 1.89 bits per heavy atom. The monoisotopic (exact) mass is 589 g/mol. The third-order valence-electron chi connectivity index (χ3n) is 5.52. The first-order chi connectivity index (χ1) is 17.3. The molecule has 1 aliphatic heterocycles. The van der Waals surface area contributed by atoms with Crippen molar-refractivity contribution >= 4 is 73.8 Å². The van der Waals surface area contributed by atoms with E-state index in [1.54, 1.807) is 30.3 Å². The van der Waals surface area contributed by atoms with E-state index in [2.05, 4.69) is 40.0 Å². The van der Waals surface area contributed by atoms with Crippen molar-refractivity contribution in [3.63, 3.8) is 0 Å². The van der Waals surface area contributed by atoms with Crippen molar-refractivity contribution in [2.75, 3.05) is 38.1 Å². The van der Waals surface area contributed by atoms with Crippen molar-refractivity contribution in [1.82, 2.24) is 9.80 Å². The highest BCUT2D eigenvalue weighted by Gasteiger charge is 2.32. The Morgan fingerprint density at radius 3 is 2.56 bits per heavy atom. The van der Waals surface area contributed by atoms with Crippen LogP contribution in [0.5, 0.6) is 0 Å². The predicted molar refractivity (Wildman–Crippen MR) is 152 cm³/mol. The molecule has 2 amide bonds. The Bertz CT molecular complexity index is 1150. The van der Waals surface area contributed by atoms with E-state index in [0.29, 0.717) is 33.6 Å². The fourth-order valence-corrected chi connectivity index (χ4v) is 5.18. The number of nitrogens with one attached hydrogen (secondary N) is 1. The zero-order chi connectivity index (χ0) is 26.1. The molecule has 10 heteroatoms. The number of anilines is 1. The van der Waals surface area contributed by atoms with Crippen molar-refractivity contribution in [3.05, 3.63) is 69.0 Å². The fraction of sp³-hybridized carbons (Fsp3) is 0.308. The molecule has 1 saturated heterocycles. The van der Waals surface area contributed by atoms with Crippen LogP contribution in [-0.2, 0) is 14.3 Å². The van der Waals surface area contributed by atoms with E-state index in [-0.39, 0.29) is 24.8 Å². The van der Waals surface area contributed by atoms with E-state index in [4.69, 9.17) is 17.0 Å². The summed E-state index contributed by atoms with van der Waals surface area (Å²) in [5, 5.41) is 2.79. The zero-order valence-corrected chi connectivity index (χ0v) is 23.4. The maximum atomic E-state index is 12.8. The lowest BCUT2D eigenvalue weighted by Gasteiger charge is -2.17. The maximum absolute atomic E-state index is 12.8. The number of hydrogen-bond acceptors (Lipinski definition) is 7. The summed E-state index contributed by atoms with van der Waals surface area (Å²) in [5.41, 5.74) is 1.86. The Balaban J connectivity index is 1.48. The molecular formula is C26H28BrN3O4S2. The number of benzene rings is 2. The predicted octanol–water partition coefficient (Wildman–Crippen LogP) is 5.18. The maximum Gasteiger partial charge on any atom is 0.338 e. The molecule has 2 aromatic carbocycles. The van der Waals surface area contributed by atoms with Crippen LogP contribution in [0.15, 0.2) is 57.9 Å². The molecule has 1 aliphatic rings. The van der Waals surface area contributed by atoms with Crippen LogP contribution >= 0.6 is 39.9 Å². The second kappa shape index (κ2) is 13.7. The van der Waals surface area contributed by atoms with Crippen LogP contribution in [0.3, 0.4) is 0 Å². The van der Waals surface area contributed by atoms with Gasteiger partial charge in [0.15, 0.2) is 0 Å². The van der Waals surface area contributed by atoms with Gasteiger partial charge in [-0.25, -0.2) is 4.79 Å². The molecule has 3 rings (SSSR count). The zero-order valence-electron chi connectivity index (χ0n) is 20.2. The number of thiocarbonyl (C=S) groups is 1. The number of carbonyl (C=O) groups is 3. The molecule has 0 unspecified atom stereocenters. The van der Waals surface area contributed by atoms with Gasteiger partial charge in [0, 0.05) is 29.7 Å². The Kier molecular flexibility index (Phi) is 10.7. The molecule has 0 bridgehead atoms. The van der Waals surface area contributed by atoms with Gasteiger partial charge in [0.05, 0.1) is 10.5 Å². The number of thioether (sulfide) groups is 1. The van der Waals surface area contributed by atoms with Crippen molar-refractivity contribution in [2.45, 2.75) is 20.3 Å². The van der Waals surface area contributed by atoms with Gasteiger partial charge in [-0.2, -0.15) is 0 Å². The average Bonchev–Trinajstić information content (AvgIpc) is 3.12. The largest absolute Gasteiger partial charge is 0.461 e.